The fourth-order valence-electron chi connectivity index (χ4n) is 2.17. The summed E-state index contributed by atoms with van der Waals surface area (Å²) in [6.45, 7) is 6.63. The minimum absolute atomic E-state index is 0.0781. The highest BCUT2D eigenvalue weighted by molar-refractivity contribution is 5.76. The molecular weight excluding hydrogens is 184 g/mol. The van der Waals surface area contributed by atoms with E-state index >= 15 is 0 Å². The lowest BCUT2D eigenvalue weighted by Crippen LogP contribution is -2.40. The van der Waals surface area contributed by atoms with E-state index in [-0.39, 0.29) is 5.66 Å². The van der Waals surface area contributed by atoms with Crippen molar-refractivity contribution in [1.82, 2.24) is 0 Å². The summed E-state index contributed by atoms with van der Waals surface area (Å²) in [7, 11) is 0. The first kappa shape index (κ1) is 10.3. The number of hydrogen-bond acceptors (Lipinski definition) is 2. The van der Waals surface area contributed by atoms with Crippen molar-refractivity contribution in [3.8, 4) is 0 Å². The van der Waals surface area contributed by atoms with Crippen molar-refractivity contribution in [2.75, 3.05) is 10.6 Å². The molecule has 1 aliphatic rings. The van der Waals surface area contributed by atoms with Gasteiger partial charge in [-0.25, -0.2) is 0 Å². The number of anilines is 2. The summed E-state index contributed by atoms with van der Waals surface area (Å²) in [6.07, 6.45) is 3.29. The van der Waals surface area contributed by atoms with Crippen LogP contribution < -0.4 is 10.6 Å². The van der Waals surface area contributed by atoms with E-state index in [1.807, 2.05) is 0 Å². The first-order valence-electron chi connectivity index (χ1n) is 5.92. The van der Waals surface area contributed by atoms with Crippen LogP contribution in [0.5, 0.6) is 0 Å². The van der Waals surface area contributed by atoms with Gasteiger partial charge in [-0.3, -0.25) is 0 Å². The average molecular weight is 204 g/mol. The fourth-order valence-corrected chi connectivity index (χ4v) is 2.17. The zero-order valence-corrected chi connectivity index (χ0v) is 9.85. The van der Waals surface area contributed by atoms with Crippen molar-refractivity contribution in [3.05, 3.63) is 23.8 Å². The molecule has 1 aliphatic heterocycles. The van der Waals surface area contributed by atoms with Crippen molar-refractivity contribution >= 4 is 11.4 Å². The molecular formula is C13H20N2. The summed E-state index contributed by atoms with van der Waals surface area (Å²) in [5.41, 5.74) is 3.98. The Kier molecular flexibility index (Phi) is 2.59. The molecule has 0 unspecified atom stereocenters. The van der Waals surface area contributed by atoms with Gasteiger partial charge in [0.15, 0.2) is 0 Å². The SMILES string of the molecule is CCc1ccc2c(c1)NC(CC)(CC)N2. The average Bonchev–Trinajstić information content (AvgIpc) is 2.67. The summed E-state index contributed by atoms with van der Waals surface area (Å²) < 4.78 is 0. The van der Waals surface area contributed by atoms with Crippen LogP contribution in [0.3, 0.4) is 0 Å². The Labute approximate surface area is 92.1 Å². The highest BCUT2D eigenvalue weighted by Crippen LogP contribution is 2.37. The van der Waals surface area contributed by atoms with Crippen molar-refractivity contribution in [1.29, 1.82) is 0 Å². The molecule has 0 fully saturated rings. The minimum Gasteiger partial charge on any atom is -0.361 e. The molecule has 1 heterocycles. The highest BCUT2D eigenvalue weighted by Gasteiger charge is 2.32. The van der Waals surface area contributed by atoms with Crippen molar-refractivity contribution < 1.29 is 0 Å². The molecule has 82 valence electrons. The number of fused-ring (bicyclic) bond motifs is 1. The Morgan fingerprint density at radius 1 is 1.00 bits per heavy atom. The Bertz CT molecular complexity index is 354. The van der Waals surface area contributed by atoms with Gasteiger partial charge in [0, 0.05) is 0 Å². The third-order valence-electron chi connectivity index (χ3n) is 3.45. The quantitative estimate of drug-likeness (QED) is 0.786. The predicted molar refractivity (Wildman–Crippen MR) is 66.4 cm³/mol. The van der Waals surface area contributed by atoms with Crippen LogP contribution >= 0.6 is 0 Å². The largest absolute Gasteiger partial charge is 0.361 e. The van der Waals surface area contributed by atoms with Crippen LogP contribution in [0.25, 0.3) is 0 Å². The van der Waals surface area contributed by atoms with Crippen LogP contribution in [0.4, 0.5) is 11.4 Å². The van der Waals surface area contributed by atoms with Gasteiger partial charge in [-0.05, 0) is 37.0 Å². The molecule has 0 radical (unpaired) electrons. The van der Waals surface area contributed by atoms with E-state index in [0.29, 0.717) is 0 Å². The molecule has 0 saturated carbocycles. The summed E-state index contributed by atoms with van der Waals surface area (Å²) >= 11 is 0. The van der Waals surface area contributed by atoms with E-state index in [4.69, 9.17) is 0 Å². The standard InChI is InChI=1S/C13H20N2/c1-4-10-7-8-11-12(9-10)15-13(5-2,6-3)14-11/h7-9,14-15H,4-6H2,1-3H3. The summed E-state index contributed by atoms with van der Waals surface area (Å²) in [5, 5.41) is 7.20. The van der Waals surface area contributed by atoms with Gasteiger partial charge in [-0.1, -0.05) is 26.8 Å². The van der Waals surface area contributed by atoms with Crippen LogP contribution in [0, 0.1) is 0 Å². The monoisotopic (exact) mass is 204 g/mol. The lowest BCUT2D eigenvalue weighted by atomic mass is 10.1. The van der Waals surface area contributed by atoms with Crippen LogP contribution in [0.1, 0.15) is 39.2 Å². The zero-order valence-electron chi connectivity index (χ0n) is 9.85. The van der Waals surface area contributed by atoms with Gasteiger partial charge in [0.1, 0.15) is 5.66 Å². The lowest BCUT2D eigenvalue weighted by molar-refractivity contribution is 0.507. The lowest BCUT2D eigenvalue weighted by Gasteiger charge is -2.28. The summed E-state index contributed by atoms with van der Waals surface area (Å²) in [4.78, 5) is 0. The van der Waals surface area contributed by atoms with E-state index < -0.39 is 0 Å². The van der Waals surface area contributed by atoms with Gasteiger partial charge in [0.05, 0.1) is 11.4 Å². The smallest absolute Gasteiger partial charge is 0.107 e. The predicted octanol–water partition coefficient (Wildman–Crippen LogP) is 3.60. The Balaban J connectivity index is 2.30. The van der Waals surface area contributed by atoms with Gasteiger partial charge < -0.3 is 10.6 Å². The van der Waals surface area contributed by atoms with E-state index in [2.05, 4.69) is 49.6 Å². The molecule has 2 N–H and O–H groups in total. The van der Waals surface area contributed by atoms with E-state index in [9.17, 15) is 0 Å². The maximum atomic E-state index is 3.61. The molecule has 2 heteroatoms. The number of benzene rings is 1. The van der Waals surface area contributed by atoms with E-state index in [1.165, 1.54) is 16.9 Å². The second-order valence-electron chi connectivity index (χ2n) is 4.27. The van der Waals surface area contributed by atoms with Crippen LogP contribution in [-0.4, -0.2) is 5.66 Å². The molecule has 0 saturated heterocycles. The molecule has 1 aromatic carbocycles. The summed E-state index contributed by atoms with van der Waals surface area (Å²) in [5.74, 6) is 0. The Morgan fingerprint density at radius 3 is 2.27 bits per heavy atom. The van der Waals surface area contributed by atoms with Gasteiger partial charge in [0.25, 0.3) is 0 Å². The molecule has 0 aromatic heterocycles. The van der Waals surface area contributed by atoms with E-state index in [0.717, 1.165) is 19.3 Å². The second-order valence-corrected chi connectivity index (χ2v) is 4.27. The third kappa shape index (κ3) is 1.69. The molecule has 0 atom stereocenters. The van der Waals surface area contributed by atoms with Gasteiger partial charge in [0.2, 0.25) is 0 Å². The highest BCUT2D eigenvalue weighted by atomic mass is 15.3. The fraction of sp³-hybridized carbons (Fsp3) is 0.538. The number of rotatable bonds is 3. The van der Waals surface area contributed by atoms with Crippen LogP contribution in [0.15, 0.2) is 18.2 Å². The number of aryl methyl sites for hydroxylation is 1. The Morgan fingerprint density at radius 2 is 1.67 bits per heavy atom. The van der Waals surface area contributed by atoms with Crippen molar-refractivity contribution in [2.24, 2.45) is 0 Å². The summed E-state index contributed by atoms with van der Waals surface area (Å²) in [6, 6.07) is 6.65. The molecule has 0 aliphatic carbocycles. The number of nitrogens with one attached hydrogen (secondary N) is 2. The third-order valence-corrected chi connectivity index (χ3v) is 3.45. The molecule has 0 bridgehead atoms. The second kappa shape index (κ2) is 3.76. The first-order chi connectivity index (χ1) is 7.23. The number of hydrogen-bond donors (Lipinski definition) is 2. The van der Waals surface area contributed by atoms with E-state index in [1.54, 1.807) is 0 Å². The molecule has 0 amide bonds. The minimum atomic E-state index is 0.0781. The molecule has 2 rings (SSSR count). The molecule has 15 heavy (non-hydrogen) atoms. The molecule has 0 spiro atoms. The first-order valence-corrected chi connectivity index (χ1v) is 5.92. The maximum Gasteiger partial charge on any atom is 0.107 e. The van der Waals surface area contributed by atoms with Gasteiger partial charge >= 0.3 is 0 Å². The van der Waals surface area contributed by atoms with Crippen LogP contribution in [-0.2, 0) is 6.42 Å². The maximum absolute atomic E-state index is 3.61. The van der Waals surface area contributed by atoms with Gasteiger partial charge in [-0.15, -0.1) is 0 Å². The van der Waals surface area contributed by atoms with Crippen LogP contribution in [0.2, 0.25) is 0 Å². The molecule has 2 nitrogen and oxygen atoms in total. The topological polar surface area (TPSA) is 24.1 Å². The Hall–Kier alpha value is -1.18. The molecule has 1 aromatic rings. The van der Waals surface area contributed by atoms with Gasteiger partial charge in [-0.2, -0.15) is 0 Å². The van der Waals surface area contributed by atoms with Crippen molar-refractivity contribution in [3.63, 3.8) is 0 Å². The van der Waals surface area contributed by atoms with Crippen molar-refractivity contribution in [2.45, 2.75) is 45.7 Å². The normalized spacial score (nSPS) is 16.7. The zero-order chi connectivity index (χ0) is 10.9.